The molecular formula is C11H14F3NO2. The van der Waals surface area contributed by atoms with Gasteiger partial charge < -0.3 is 15.6 Å². The Bertz CT molecular complexity index is 381. The fourth-order valence-electron chi connectivity index (χ4n) is 1.54. The zero-order chi connectivity index (χ0) is 13.1. The third-order valence-corrected chi connectivity index (χ3v) is 2.52. The summed E-state index contributed by atoms with van der Waals surface area (Å²) in [5.74, 6) is 0.252. The van der Waals surface area contributed by atoms with Gasteiger partial charge in [0.05, 0.1) is 7.11 Å². The Kier molecular flexibility index (Phi) is 4.00. The van der Waals surface area contributed by atoms with Crippen molar-refractivity contribution in [2.24, 2.45) is 5.73 Å². The molecule has 0 saturated heterocycles. The van der Waals surface area contributed by atoms with Crippen LogP contribution in [0.5, 0.6) is 5.75 Å². The summed E-state index contributed by atoms with van der Waals surface area (Å²) in [6, 6.07) is 5.25. The predicted octanol–water partition coefficient (Wildman–Crippen LogP) is 1.79. The Hall–Kier alpha value is -1.27. The van der Waals surface area contributed by atoms with E-state index in [-0.39, 0.29) is 17.9 Å². The van der Waals surface area contributed by atoms with Gasteiger partial charge in [-0.25, -0.2) is 0 Å². The fourth-order valence-corrected chi connectivity index (χ4v) is 1.54. The van der Waals surface area contributed by atoms with Crippen molar-refractivity contribution in [3.63, 3.8) is 0 Å². The Morgan fingerprint density at radius 1 is 1.35 bits per heavy atom. The number of benzene rings is 1. The average molecular weight is 249 g/mol. The highest BCUT2D eigenvalue weighted by Crippen LogP contribution is 2.42. The second-order valence-corrected chi connectivity index (χ2v) is 3.63. The summed E-state index contributed by atoms with van der Waals surface area (Å²) in [6.45, 7) is -0.271. The largest absolute Gasteiger partial charge is 0.497 e. The van der Waals surface area contributed by atoms with Crippen LogP contribution in [0.25, 0.3) is 0 Å². The summed E-state index contributed by atoms with van der Waals surface area (Å²) in [5.41, 5.74) is 1.93. The SMILES string of the molecule is COc1cccc(C(O)(CCN)C(F)(F)F)c1. The van der Waals surface area contributed by atoms with E-state index in [1.54, 1.807) is 0 Å². The van der Waals surface area contributed by atoms with E-state index in [9.17, 15) is 18.3 Å². The second-order valence-electron chi connectivity index (χ2n) is 3.63. The molecule has 1 aromatic rings. The molecule has 3 nitrogen and oxygen atoms in total. The molecular weight excluding hydrogens is 235 g/mol. The summed E-state index contributed by atoms with van der Waals surface area (Å²) >= 11 is 0. The first kappa shape index (κ1) is 13.8. The second kappa shape index (κ2) is 4.93. The van der Waals surface area contributed by atoms with Gasteiger partial charge in [0.25, 0.3) is 0 Å². The van der Waals surface area contributed by atoms with Gasteiger partial charge in [-0.15, -0.1) is 0 Å². The van der Waals surface area contributed by atoms with E-state index in [0.29, 0.717) is 0 Å². The van der Waals surface area contributed by atoms with Crippen molar-refractivity contribution in [3.8, 4) is 5.75 Å². The summed E-state index contributed by atoms with van der Waals surface area (Å²) in [5, 5.41) is 9.78. The van der Waals surface area contributed by atoms with Gasteiger partial charge in [-0.05, 0) is 24.2 Å². The highest BCUT2D eigenvalue weighted by atomic mass is 19.4. The lowest BCUT2D eigenvalue weighted by Crippen LogP contribution is -2.43. The number of methoxy groups -OCH3 is 1. The van der Waals surface area contributed by atoms with Gasteiger partial charge in [0.1, 0.15) is 5.75 Å². The Morgan fingerprint density at radius 3 is 2.47 bits per heavy atom. The lowest BCUT2D eigenvalue weighted by Gasteiger charge is -2.30. The molecule has 3 N–H and O–H groups in total. The van der Waals surface area contributed by atoms with Crippen LogP contribution in [0.15, 0.2) is 24.3 Å². The molecule has 0 aliphatic rings. The number of halogens is 3. The van der Waals surface area contributed by atoms with E-state index < -0.39 is 18.2 Å². The summed E-state index contributed by atoms with van der Waals surface area (Å²) in [6.07, 6.45) is -5.37. The summed E-state index contributed by atoms with van der Waals surface area (Å²) in [7, 11) is 1.34. The van der Waals surface area contributed by atoms with E-state index in [4.69, 9.17) is 10.5 Å². The third-order valence-electron chi connectivity index (χ3n) is 2.52. The molecule has 1 rings (SSSR count). The van der Waals surface area contributed by atoms with Gasteiger partial charge in [-0.3, -0.25) is 0 Å². The monoisotopic (exact) mass is 249 g/mol. The smallest absolute Gasteiger partial charge is 0.421 e. The minimum absolute atomic E-state index is 0.252. The molecule has 17 heavy (non-hydrogen) atoms. The van der Waals surface area contributed by atoms with Gasteiger partial charge in [-0.1, -0.05) is 12.1 Å². The molecule has 0 aliphatic heterocycles. The van der Waals surface area contributed by atoms with Crippen molar-refractivity contribution in [2.45, 2.75) is 18.2 Å². The van der Waals surface area contributed by atoms with Crippen LogP contribution in [-0.2, 0) is 5.60 Å². The molecule has 6 heteroatoms. The van der Waals surface area contributed by atoms with Gasteiger partial charge in [0.15, 0.2) is 5.60 Å². The molecule has 0 aliphatic carbocycles. The number of nitrogens with two attached hydrogens (primary N) is 1. The quantitative estimate of drug-likeness (QED) is 0.855. The molecule has 0 aromatic heterocycles. The molecule has 1 aromatic carbocycles. The first-order valence-electron chi connectivity index (χ1n) is 4.99. The first-order valence-corrected chi connectivity index (χ1v) is 4.99. The van der Waals surface area contributed by atoms with Gasteiger partial charge >= 0.3 is 6.18 Å². The Labute approximate surface area is 97.0 Å². The zero-order valence-corrected chi connectivity index (χ0v) is 9.29. The lowest BCUT2D eigenvalue weighted by molar-refractivity contribution is -0.268. The predicted molar refractivity (Wildman–Crippen MR) is 56.6 cm³/mol. The first-order chi connectivity index (χ1) is 7.85. The number of hydrogen-bond acceptors (Lipinski definition) is 3. The molecule has 0 bridgehead atoms. The average Bonchev–Trinajstić information content (AvgIpc) is 2.28. The zero-order valence-electron chi connectivity index (χ0n) is 9.29. The van der Waals surface area contributed by atoms with Crippen molar-refractivity contribution in [1.82, 2.24) is 0 Å². The number of ether oxygens (including phenoxy) is 1. The van der Waals surface area contributed by atoms with Gasteiger partial charge in [0.2, 0.25) is 0 Å². The molecule has 0 heterocycles. The summed E-state index contributed by atoms with van der Waals surface area (Å²) in [4.78, 5) is 0. The molecule has 1 atom stereocenters. The van der Waals surface area contributed by atoms with Crippen LogP contribution in [0, 0.1) is 0 Å². The fraction of sp³-hybridized carbons (Fsp3) is 0.455. The van der Waals surface area contributed by atoms with E-state index in [1.165, 1.54) is 25.3 Å². The molecule has 0 saturated carbocycles. The van der Waals surface area contributed by atoms with E-state index in [2.05, 4.69) is 0 Å². The van der Waals surface area contributed by atoms with Crippen molar-refractivity contribution in [2.75, 3.05) is 13.7 Å². The van der Waals surface area contributed by atoms with Crippen LogP contribution in [0.4, 0.5) is 13.2 Å². The minimum Gasteiger partial charge on any atom is -0.497 e. The van der Waals surface area contributed by atoms with Crippen LogP contribution in [0.3, 0.4) is 0 Å². The molecule has 0 spiro atoms. The Balaban J connectivity index is 3.22. The number of alkyl halides is 3. The maximum atomic E-state index is 12.9. The minimum atomic E-state index is -4.78. The van der Waals surface area contributed by atoms with Crippen LogP contribution in [-0.4, -0.2) is 24.9 Å². The number of rotatable bonds is 4. The highest BCUT2D eigenvalue weighted by molar-refractivity contribution is 5.33. The number of hydrogen-bond donors (Lipinski definition) is 2. The molecule has 96 valence electrons. The molecule has 0 fully saturated rings. The maximum Gasteiger partial charge on any atom is 0.421 e. The van der Waals surface area contributed by atoms with E-state index in [1.807, 2.05) is 0 Å². The van der Waals surface area contributed by atoms with Gasteiger partial charge in [-0.2, -0.15) is 13.2 Å². The van der Waals surface area contributed by atoms with Crippen LogP contribution in [0.1, 0.15) is 12.0 Å². The maximum absolute atomic E-state index is 12.9. The summed E-state index contributed by atoms with van der Waals surface area (Å²) < 4.78 is 43.4. The van der Waals surface area contributed by atoms with Crippen LogP contribution >= 0.6 is 0 Å². The lowest BCUT2D eigenvalue weighted by atomic mass is 9.89. The molecule has 0 radical (unpaired) electrons. The Morgan fingerprint density at radius 2 is 2.00 bits per heavy atom. The van der Waals surface area contributed by atoms with Crippen molar-refractivity contribution >= 4 is 0 Å². The van der Waals surface area contributed by atoms with Gasteiger partial charge in [0, 0.05) is 6.42 Å². The highest BCUT2D eigenvalue weighted by Gasteiger charge is 2.54. The van der Waals surface area contributed by atoms with Crippen molar-refractivity contribution in [3.05, 3.63) is 29.8 Å². The normalized spacial score (nSPS) is 15.4. The number of aliphatic hydroxyl groups is 1. The standard InChI is InChI=1S/C11H14F3NO2/c1-17-9-4-2-3-8(7-9)10(16,5-6-15)11(12,13)14/h2-4,7,16H,5-6,15H2,1H3. The van der Waals surface area contributed by atoms with Crippen molar-refractivity contribution in [1.29, 1.82) is 0 Å². The van der Waals surface area contributed by atoms with E-state index >= 15 is 0 Å². The topological polar surface area (TPSA) is 55.5 Å². The molecule has 0 amide bonds. The van der Waals surface area contributed by atoms with Crippen molar-refractivity contribution < 1.29 is 23.0 Å². The molecule has 1 unspecified atom stereocenters. The van der Waals surface area contributed by atoms with E-state index in [0.717, 1.165) is 6.07 Å². The van der Waals surface area contributed by atoms with Crippen LogP contribution in [0.2, 0.25) is 0 Å². The van der Waals surface area contributed by atoms with Crippen LogP contribution < -0.4 is 10.5 Å². The third kappa shape index (κ3) is 2.70.